The van der Waals surface area contributed by atoms with Gasteiger partial charge in [-0.1, -0.05) is 19.8 Å². The molecule has 0 amide bonds. The molecule has 3 nitrogen and oxygen atoms in total. The topological polar surface area (TPSA) is 51.8 Å². The van der Waals surface area contributed by atoms with Crippen LogP contribution in [0.15, 0.2) is 0 Å². The summed E-state index contributed by atoms with van der Waals surface area (Å²) in [6, 6.07) is 0. The van der Waals surface area contributed by atoms with Crippen molar-refractivity contribution >= 4 is 28.5 Å². The van der Waals surface area contributed by atoms with Crippen LogP contribution in [0.25, 0.3) is 0 Å². The average Bonchev–Trinajstić information content (AvgIpc) is 2.13. The van der Waals surface area contributed by atoms with E-state index in [1.54, 1.807) is 0 Å². The van der Waals surface area contributed by atoms with Crippen LogP contribution in [0.5, 0.6) is 0 Å². The number of nitrogens with two attached hydrogens (primary N) is 1. The predicted octanol–water partition coefficient (Wildman–Crippen LogP) is 2.70. The van der Waals surface area contributed by atoms with E-state index in [4.69, 9.17) is 5.73 Å². The third kappa shape index (κ3) is 3.08. The zero-order chi connectivity index (χ0) is 10.6. The summed E-state index contributed by atoms with van der Waals surface area (Å²) in [7, 11) is 0. The molecule has 0 aliphatic carbocycles. The van der Waals surface area contributed by atoms with E-state index in [9.17, 15) is 0 Å². The Morgan fingerprint density at radius 3 is 2.64 bits per heavy atom. The van der Waals surface area contributed by atoms with Gasteiger partial charge in [-0.15, -0.1) is 0 Å². The summed E-state index contributed by atoms with van der Waals surface area (Å²) in [5.41, 5.74) is 7.70. The number of halogens is 1. The van der Waals surface area contributed by atoms with Crippen molar-refractivity contribution in [3.8, 4) is 0 Å². The highest BCUT2D eigenvalue weighted by molar-refractivity contribution is 14.1. The molecule has 78 valence electrons. The van der Waals surface area contributed by atoms with Crippen molar-refractivity contribution in [1.29, 1.82) is 0 Å². The maximum atomic E-state index is 5.61. The molecular weight excluding hydrogens is 289 g/mol. The number of nitrogen functional groups attached to an aromatic ring is 1. The van der Waals surface area contributed by atoms with E-state index in [0.29, 0.717) is 5.95 Å². The van der Waals surface area contributed by atoms with Crippen molar-refractivity contribution in [2.24, 2.45) is 0 Å². The fraction of sp³-hybridized carbons (Fsp3) is 0.600. The molecule has 2 N–H and O–H groups in total. The van der Waals surface area contributed by atoms with Crippen LogP contribution in [-0.2, 0) is 6.42 Å². The van der Waals surface area contributed by atoms with Crippen LogP contribution in [0.3, 0.4) is 0 Å². The molecule has 1 aromatic rings. The predicted molar refractivity (Wildman–Crippen MR) is 67.1 cm³/mol. The molecule has 0 bridgehead atoms. The quantitative estimate of drug-likeness (QED) is 0.687. The summed E-state index contributed by atoms with van der Waals surface area (Å²) in [6.07, 6.45) is 4.68. The lowest BCUT2D eigenvalue weighted by atomic mass is 10.1. The minimum Gasteiger partial charge on any atom is -0.368 e. The molecule has 1 rings (SSSR count). The number of anilines is 1. The number of nitrogens with zero attached hydrogens (tertiary/aromatic N) is 2. The monoisotopic (exact) mass is 305 g/mol. The fourth-order valence-corrected chi connectivity index (χ4v) is 1.86. The Morgan fingerprint density at radius 1 is 1.29 bits per heavy atom. The van der Waals surface area contributed by atoms with Gasteiger partial charge in [0.2, 0.25) is 5.95 Å². The minimum atomic E-state index is 0.398. The summed E-state index contributed by atoms with van der Waals surface area (Å²) < 4.78 is 1.16. The van der Waals surface area contributed by atoms with Gasteiger partial charge in [0.15, 0.2) is 0 Å². The average molecular weight is 305 g/mol. The number of hydrogen-bond acceptors (Lipinski definition) is 3. The molecule has 1 heterocycles. The Morgan fingerprint density at radius 2 is 2.00 bits per heavy atom. The van der Waals surface area contributed by atoms with Gasteiger partial charge >= 0.3 is 0 Å². The van der Waals surface area contributed by atoms with Crippen LogP contribution in [0.2, 0.25) is 0 Å². The molecule has 4 heteroatoms. The van der Waals surface area contributed by atoms with Gasteiger partial charge in [-0.05, 0) is 42.4 Å². The van der Waals surface area contributed by atoms with Crippen molar-refractivity contribution in [3.05, 3.63) is 15.0 Å². The van der Waals surface area contributed by atoms with E-state index in [0.717, 1.165) is 21.4 Å². The lowest BCUT2D eigenvalue weighted by Gasteiger charge is -2.06. The summed E-state index contributed by atoms with van der Waals surface area (Å²) in [5, 5.41) is 0. The highest BCUT2D eigenvalue weighted by atomic mass is 127. The van der Waals surface area contributed by atoms with Crippen molar-refractivity contribution in [2.45, 2.75) is 39.5 Å². The molecule has 0 saturated heterocycles. The Bertz CT molecular complexity index is 312. The molecule has 0 spiro atoms. The van der Waals surface area contributed by atoms with Crippen LogP contribution in [-0.4, -0.2) is 9.97 Å². The lowest BCUT2D eigenvalue weighted by molar-refractivity contribution is 0.703. The van der Waals surface area contributed by atoms with Crippen molar-refractivity contribution in [2.75, 3.05) is 5.73 Å². The van der Waals surface area contributed by atoms with E-state index >= 15 is 0 Å². The lowest BCUT2D eigenvalue weighted by Crippen LogP contribution is -2.05. The van der Waals surface area contributed by atoms with Crippen LogP contribution in [0.4, 0.5) is 5.95 Å². The maximum absolute atomic E-state index is 5.61. The molecule has 0 atom stereocenters. The number of unbranched alkanes of at least 4 members (excludes halogenated alkanes) is 2. The largest absolute Gasteiger partial charge is 0.368 e. The van der Waals surface area contributed by atoms with E-state index in [1.807, 2.05) is 6.92 Å². The first-order valence-electron chi connectivity index (χ1n) is 4.93. The van der Waals surface area contributed by atoms with Gasteiger partial charge in [-0.2, -0.15) is 0 Å². The second-order valence-electron chi connectivity index (χ2n) is 3.38. The zero-order valence-corrected chi connectivity index (χ0v) is 10.8. The summed E-state index contributed by atoms with van der Waals surface area (Å²) >= 11 is 2.29. The first kappa shape index (κ1) is 11.7. The van der Waals surface area contributed by atoms with Crippen LogP contribution in [0, 0.1) is 10.5 Å². The Hall–Kier alpha value is -0.390. The first-order valence-corrected chi connectivity index (χ1v) is 6.01. The second kappa shape index (κ2) is 5.48. The van der Waals surface area contributed by atoms with E-state index in [-0.39, 0.29) is 0 Å². The second-order valence-corrected chi connectivity index (χ2v) is 4.46. The van der Waals surface area contributed by atoms with Crippen LogP contribution in [0.1, 0.15) is 37.6 Å². The van der Waals surface area contributed by atoms with Gasteiger partial charge in [0.1, 0.15) is 0 Å². The number of aryl methyl sites for hydroxylation is 2. The highest BCUT2D eigenvalue weighted by Crippen LogP contribution is 2.16. The summed E-state index contributed by atoms with van der Waals surface area (Å²) in [4.78, 5) is 8.39. The molecule has 1 aromatic heterocycles. The number of hydrogen-bond donors (Lipinski definition) is 1. The molecule has 0 aromatic carbocycles. The van der Waals surface area contributed by atoms with Crippen LogP contribution >= 0.6 is 22.6 Å². The Balaban J connectivity index is 2.75. The van der Waals surface area contributed by atoms with Crippen molar-refractivity contribution < 1.29 is 0 Å². The fourth-order valence-electron chi connectivity index (χ4n) is 1.35. The maximum Gasteiger partial charge on any atom is 0.220 e. The summed E-state index contributed by atoms with van der Waals surface area (Å²) in [5.74, 6) is 0.398. The van der Waals surface area contributed by atoms with Gasteiger partial charge in [0.25, 0.3) is 0 Å². The molecule has 0 unspecified atom stereocenters. The minimum absolute atomic E-state index is 0.398. The third-order valence-corrected chi connectivity index (χ3v) is 3.52. The number of aromatic nitrogens is 2. The molecular formula is C10H16IN3. The van der Waals surface area contributed by atoms with Gasteiger partial charge in [0.05, 0.1) is 15.0 Å². The molecule has 14 heavy (non-hydrogen) atoms. The van der Waals surface area contributed by atoms with E-state index in [1.165, 1.54) is 19.3 Å². The van der Waals surface area contributed by atoms with Gasteiger partial charge in [0, 0.05) is 0 Å². The van der Waals surface area contributed by atoms with Gasteiger partial charge in [-0.25, -0.2) is 9.97 Å². The van der Waals surface area contributed by atoms with Crippen LogP contribution < -0.4 is 5.73 Å². The standard InChI is InChI=1S/C10H16IN3/c1-3-4-5-6-8-9(11)7(2)13-10(12)14-8/h3-6H2,1-2H3,(H2,12,13,14). The van der Waals surface area contributed by atoms with Gasteiger partial charge in [-0.3, -0.25) is 0 Å². The van der Waals surface area contributed by atoms with E-state index in [2.05, 4.69) is 39.5 Å². The normalized spacial score (nSPS) is 10.5. The van der Waals surface area contributed by atoms with Crippen molar-refractivity contribution in [3.63, 3.8) is 0 Å². The highest BCUT2D eigenvalue weighted by Gasteiger charge is 2.06. The first-order chi connectivity index (χ1) is 6.65. The van der Waals surface area contributed by atoms with Crippen molar-refractivity contribution in [1.82, 2.24) is 9.97 Å². The molecule has 0 aliphatic heterocycles. The van der Waals surface area contributed by atoms with Gasteiger partial charge < -0.3 is 5.73 Å². The third-order valence-electron chi connectivity index (χ3n) is 2.12. The summed E-state index contributed by atoms with van der Waals surface area (Å²) in [6.45, 7) is 4.17. The Labute approximate surface area is 98.7 Å². The molecule has 0 aliphatic rings. The molecule has 0 radical (unpaired) electrons. The smallest absolute Gasteiger partial charge is 0.220 e. The SMILES string of the molecule is CCCCCc1nc(N)nc(C)c1I. The molecule has 0 saturated carbocycles. The zero-order valence-electron chi connectivity index (χ0n) is 8.68. The molecule has 0 fully saturated rings. The van der Waals surface area contributed by atoms with E-state index < -0.39 is 0 Å². The number of rotatable bonds is 4. The Kier molecular flexibility index (Phi) is 4.57.